The van der Waals surface area contributed by atoms with Gasteiger partial charge in [0.1, 0.15) is 12.4 Å². The molecule has 2 aromatic rings. The zero-order valence-electron chi connectivity index (χ0n) is 14.6. The molecule has 5 nitrogen and oxygen atoms in total. The Balaban J connectivity index is 1.37. The molecule has 136 valence electrons. The second-order valence-corrected chi connectivity index (χ2v) is 6.52. The molecule has 2 heterocycles. The van der Waals surface area contributed by atoms with Crippen LogP contribution in [0.15, 0.2) is 54.9 Å². The number of nitrogens with zero attached hydrogens (tertiary/aromatic N) is 3. The van der Waals surface area contributed by atoms with Crippen molar-refractivity contribution in [2.24, 2.45) is 0 Å². The lowest BCUT2D eigenvalue weighted by Gasteiger charge is -2.34. The van der Waals surface area contributed by atoms with Gasteiger partial charge in [-0.3, -0.25) is 14.7 Å². The third-order valence-corrected chi connectivity index (χ3v) is 4.55. The van der Waals surface area contributed by atoms with E-state index in [9.17, 15) is 4.79 Å². The van der Waals surface area contributed by atoms with E-state index in [2.05, 4.69) is 9.88 Å². The van der Waals surface area contributed by atoms with Gasteiger partial charge in [-0.1, -0.05) is 11.6 Å². The lowest BCUT2D eigenvalue weighted by molar-refractivity contribution is -0.127. The average Bonchev–Trinajstić information content (AvgIpc) is 2.69. The fraction of sp³-hybridized carbons (Fsp3) is 0.300. The average molecular weight is 372 g/mol. The van der Waals surface area contributed by atoms with Crippen molar-refractivity contribution in [3.8, 4) is 5.75 Å². The van der Waals surface area contributed by atoms with Crippen LogP contribution < -0.4 is 4.74 Å². The zero-order chi connectivity index (χ0) is 18.2. The molecule has 0 aliphatic carbocycles. The molecular formula is C20H22ClN3O2. The molecule has 0 N–H and O–H groups in total. The van der Waals surface area contributed by atoms with Gasteiger partial charge in [-0.2, -0.15) is 0 Å². The van der Waals surface area contributed by atoms with Crippen LogP contribution in [0.5, 0.6) is 5.75 Å². The highest BCUT2D eigenvalue weighted by Crippen LogP contribution is 2.15. The topological polar surface area (TPSA) is 45.7 Å². The molecule has 26 heavy (non-hydrogen) atoms. The Hall–Kier alpha value is -2.37. The minimum absolute atomic E-state index is 0.0545. The summed E-state index contributed by atoms with van der Waals surface area (Å²) in [5.74, 6) is 0.878. The molecule has 0 atom stereocenters. The summed E-state index contributed by atoms with van der Waals surface area (Å²) in [5, 5.41) is 0.705. The third-order valence-electron chi connectivity index (χ3n) is 4.30. The molecule has 0 spiro atoms. The molecule has 1 aromatic heterocycles. The Bertz CT molecular complexity index is 726. The van der Waals surface area contributed by atoms with E-state index >= 15 is 0 Å². The van der Waals surface area contributed by atoms with Crippen molar-refractivity contribution in [1.29, 1.82) is 0 Å². The Morgan fingerprint density at radius 1 is 1.08 bits per heavy atom. The highest BCUT2D eigenvalue weighted by atomic mass is 35.5. The molecule has 1 amide bonds. The number of halogens is 1. The molecule has 0 unspecified atom stereocenters. The Labute approximate surface area is 158 Å². The van der Waals surface area contributed by atoms with Crippen LogP contribution in [0, 0.1) is 0 Å². The van der Waals surface area contributed by atoms with Crippen LogP contribution >= 0.6 is 11.6 Å². The van der Waals surface area contributed by atoms with E-state index < -0.39 is 0 Å². The predicted octanol–water partition coefficient (Wildman–Crippen LogP) is 2.97. The van der Waals surface area contributed by atoms with E-state index in [0.29, 0.717) is 11.6 Å². The minimum atomic E-state index is 0.0545. The second-order valence-electron chi connectivity index (χ2n) is 6.08. The van der Waals surface area contributed by atoms with Crippen molar-refractivity contribution in [3.63, 3.8) is 0 Å². The molecule has 0 saturated carbocycles. The number of hydrogen-bond donors (Lipinski definition) is 0. The van der Waals surface area contributed by atoms with Crippen molar-refractivity contribution < 1.29 is 9.53 Å². The van der Waals surface area contributed by atoms with Gasteiger partial charge in [-0.25, -0.2) is 0 Å². The van der Waals surface area contributed by atoms with Gasteiger partial charge in [0.25, 0.3) is 0 Å². The van der Waals surface area contributed by atoms with Gasteiger partial charge < -0.3 is 9.64 Å². The fourth-order valence-corrected chi connectivity index (χ4v) is 2.89. The molecule has 0 radical (unpaired) electrons. The molecule has 1 aliphatic rings. The van der Waals surface area contributed by atoms with Gasteiger partial charge in [-0.15, -0.1) is 0 Å². The number of benzene rings is 1. The largest absolute Gasteiger partial charge is 0.492 e. The number of rotatable bonds is 6. The van der Waals surface area contributed by atoms with Crippen LogP contribution in [0.3, 0.4) is 0 Å². The third kappa shape index (κ3) is 5.58. The van der Waals surface area contributed by atoms with E-state index in [1.54, 1.807) is 18.5 Å². The van der Waals surface area contributed by atoms with Crippen LogP contribution in [0.1, 0.15) is 5.56 Å². The fourth-order valence-electron chi connectivity index (χ4n) is 2.76. The highest BCUT2D eigenvalue weighted by Gasteiger charge is 2.19. The molecule has 6 heteroatoms. The molecular weight excluding hydrogens is 350 g/mol. The number of hydrogen-bond acceptors (Lipinski definition) is 4. The monoisotopic (exact) mass is 371 g/mol. The first-order chi connectivity index (χ1) is 12.7. The van der Waals surface area contributed by atoms with E-state index in [-0.39, 0.29) is 5.91 Å². The lowest BCUT2D eigenvalue weighted by atomic mass is 10.2. The summed E-state index contributed by atoms with van der Waals surface area (Å²) in [5.41, 5.74) is 0.978. The number of amides is 1. The summed E-state index contributed by atoms with van der Waals surface area (Å²) < 4.78 is 5.73. The maximum absolute atomic E-state index is 12.3. The van der Waals surface area contributed by atoms with Gasteiger partial charge in [0, 0.05) is 56.2 Å². The molecule has 1 aliphatic heterocycles. The lowest BCUT2D eigenvalue weighted by Crippen LogP contribution is -2.49. The zero-order valence-corrected chi connectivity index (χ0v) is 15.3. The van der Waals surface area contributed by atoms with Gasteiger partial charge >= 0.3 is 0 Å². The normalized spacial score (nSPS) is 15.3. The van der Waals surface area contributed by atoms with Crippen LogP contribution in [-0.4, -0.2) is 60.0 Å². The van der Waals surface area contributed by atoms with Crippen molar-refractivity contribution in [2.45, 2.75) is 0 Å². The quantitative estimate of drug-likeness (QED) is 0.732. The minimum Gasteiger partial charge on any atom is -0.492 e. The van der Waals surface area contributed by atoms with Crippen molar-refractivity contribution in [3.05, 3.63) is 65.5 Å². The second kappa shape index (κ2) is 9.36. The van der Waals surface area contributed by atoms with Crippen molar-refractivity contribution in [2.75, 3.05) is 39.3 Å². The number of carbonyl (C=O) groups is 1. The number of piperazine rings is 1. The van der Waals surface area contributed by atoms with E-state index in [1.165, 1.54) is 0 Å². The summed E-state index contributed by atoms with van der Waals surface area (Å²) in [7, 11) is 0. The van der Waals surface area contributed by atoms with E-state index in [0.717, 1.165) is 44.0 Å². The van der Waals surface area contributed by atoms with Gasteiger partial charge in [0.2, 0.25) is 5.91 Å². The van der Waals surface area contributed by atoms with Crippen LogP contribution in [0.25, 0.3) is 6.08 Å². The number of pyridine rings is 1. The summed E-state index contributed by atoms with van der Waals surface area (Å²) in [6, 6.07) is 11.1. The molecule has 1 aromatic carbocycles. The Morgan fingerprint density at radius 3 is 2.46 bits per heavy atom. The molecule has 0 bridgehead atoms. The first-order valence-electron chi connectivity index (χ1n) is 8.68. The van der Waals surface area contributed by atoms with Crippen LogP contribution in [0.2, 0.25) is 5.02 Å². The smallest absolute Gasteiger partial charge is 0.246 e. The maximum Gasteiger partial charge on any atom is 0.246 e. The first kappa shape index (κ1) is 18.4. The molecule has 3 rings (SSSR count). The van der Waals surface area contributed by atoms with Gasteiger partial charge in [-0.05, 0) is 48.0 Å². The maximum atomic E-state index is 12.3. The summed E-state index contributed by atoms with van der Waals surface area (Å²) in [6.07, 6.45) is 6.90. The van der Waals surface area contributed by atoms with Gasteiger partial charge in [0.15, 0.2) is 0 Å². The van der Waals surface area contributed by atoms with Crippen LogP contribution in [0.4, 0.5) is 0 Å². The number of carbonyl (C=O) groups excluding carboxylic acids is 1. The van der Waals surface area contributed by atoms with Crippen molar-refractivity contribution in [1.82, 2.24) is 14.8 Å². The molecule has 1 saturated heterocycles. The molecule has 1 fully saturated rings. The van der Waals surface area contributed by atoms with E-state index in [4.69, 9.17) is 16.3 Å². The number of ether oxygens (including phenoxy) is 1. The van der Waals surface area contributed by atoms with Crippen LogP contribution in [-0.2, 0) is 4.79 Å². The van der Waals surface area contributed by atoms with Crippen molar-refractivity contribution >= 4 is 23.6 Å². The first-order valence-corrected chi connectivity index (χ1v) is 9.06. The van der Waals surface area contributed by atoms with E-state index in [1.807, 2.05) is 47.4 Å². The predicted molar refractivity (Wildman–Crippen MR) is 103 cm³/mol. The summed E-state index contributed by atoms with van der Waals surface area (Å²) in [6.45, 7) is 4.66. The SMILES string of the molecule is O=C(/C=C/c1ccncc1)N1CCN(CCOc2ccc(Cl)cc2)CC1. The summed E-state index contributed by atoms with van der Waals surface area (Å²) in [4.78, 5) is 20.4. The summed E-state index contributed by atoms with van der Waals surface area (Å²) >= 11 is 5.86. The van der Waals surface area contributed by atoms with Gasteiger partial charge in [0.05, 0.1) is 0 Å². The Morgan fingerprint density at radius 2 is 1.77 bits per heavy atom. The number of aromatic nitrogens is 1. The highest BCUT2D eigenvalue weighted by molar-refractivity contribution is 6.30. The standard InChI is InChI=1S/C20H22ClN3O2/c21-18-2-4-19(5-3-18)26-16-15-23-11-13-24(14-12-23)20(25)6-1-17-7-9-22-10-8-17/h1-10H,11-16H2/b6-1+. The Kier molecular flexibility index (Phi) is 6.63.